The zero-order chi connectivity index (χ0) is 15.5. The van der Waals surface area contributed by atoms with Crippen molar-refractivity contribution in [2.24, 2.45) is 0 Å². The third kappa shape index (κ3) is 3.20. The second-order valence-electron chi connectivity index (χ2n) is 4.91. The van der Waals surface area contributed by atoms with Crippen LogP contribution in [0.2, 0.25) is 0 Å². The van der Waals surface area contributed by atoms with Gasteiger partial charge in [0.05, 0.1) is 16.6 Å². The molecule has 0 aliphatic heterocycles. The van der Waals surface area contributed by atoms with Crippen molar-refractivity contribution in [3.8, 4) is 11.1 Å². The van der Waals surface area contributed by atoms with Crippen molar-refractivity contribution in [2.75, 3.05) is 0 Å². The van der Waals surface area contributed by atoms with Gasteiger partial charge >= 0.3 is 0 Å². The van der Waals surface area contributed by atoms with Crippen LogP contribution >= 0.6 is 11.3 Å². The molecule has 0 saturated carbocycles. The largest absolute Gasteiger partial charge is 0.430 e. The van der Waals surface area contributed by atoms with E-state index in [-0.39, 0.29) is 11.8 Å². The predicted molar refractivity (Wildman–Crippen MR) is 91.0 cm³/mol. The highest BCUT2D eigenvalue weighted by molar-refractivity contribution is 7.18. The fourth-order valence-electron chi connectivity index (χ4n) is 2.22. The van der Waals surface area contributed by atoms with Gasteiger partial charge in [-0.1, -0.05) is 36.4 Å². The molecule has 0 fully saturated rings. The Balaban J connectivity index is 1.87. The molecule has 3 rings (SSSR count). The van der Waals surface area contributed by atoms with Crippen LogP contribution in [0.3, 0.4) is 0 Å². The van der Waals surface area contributed by atoms with Crippen LogP contribution in [-0.2, 0) is 11.2 Å². The molecule has 1 aromatic heterocycles. The molecule has 4 nitrogen and oxygen atoms in total. The van der Waals surface area contributed by atoms with Gasteiger partial charge in [0.15, 0.2) is 11.8 Å². The zero-order valence-corrected chi connectivity index (χ0v) is 12.9. The lowest BCUT2D eigenvalue weighted by Gasteiger charge is -2.01. The number of thiazole rings is 1. The number of aromatic nitrogens is 1. The summed E-state index contributed by atoms with van der Waals surface area (Å²) in [5.41, 5.74) is 3.26. The van der Waals surface area contributed by atoms with Crippen LogP contribution in [-0.4, -0.2) is 16.8 Å². The van der Waals surface area contributed by atoms with Gasteiger partial charge in [0.2, 0.25) is 0 Å². The summed E-state index contributed by atoms with van der Waals surface area (Å²) in [5.74, 6) is 0.0762. The van der Waals surface area contributed by atoms with E-state index in [9.17, 15) is 0 Å². The topological polar surface area (TPSA) is 69.8 Å². The minimum atomic E-state index is 0.0254. The summed E-state index contributed by atoms with van der Waals surface area (Å²) in [6.07, 6.45) is 0.316. The van der Waals surface area contributed by atoms with E-state index in [1.807, 2.05) is 24.3 Å². The Labute approximate surface area is 132 Å². The Kier molecular flexibility index (Phi) is 3.98. The van der Waals surface area contributed by atoms with Crippen molar-refractivity contribution in [1.82, 2.24) is 4.98 Å². The summed E-state index contributed by atoms with van der Waals surface area (Å²) in [5, 5.41) is 15.8. The molecule has 2 N–H and O–H groups in total. The SMILES string of the molecule is CC(=N)OC(=N)Cc1nc2ccc(-c3ccccc3)cc2s1. The van der Waals surface area contributed by atoms with E-state index in [1.54, 1.807) is 11.3 Å². The summed E-state index contributed by atoms with van der Waals surface area (Å²) in [6, 6.07) is 16.4. The van der Waals surface area contributed by atoms with Gasteiger partial charge in [0, 0.05) is 6.92 Å². The third-order valence-corrected chi connectivity index (χ3v) is 4.15. The van der Waals surface area contributed by atoms with Crippen LogP contribution in [0.1, 0.15) is 11.9 Å². The standard InChI is InChI=1S/C17H15N3OS/c1-11(18)21-16(19)10-17-20-14-8-7-13(9-15(14)22-17)12-5-3-2-4-6-12/h2-9,18-19H,10H2,1H3. The fraction of sp³-hybridized carbons (Fsp3) is 0.118. The lowest BCUT2D eigenvalue weighted by Crippen LogP contribution is -2.09. The fourth-order valence-corrected chi connectivity index (χ4v) is 3.22. The normalized spacial score (nSPS) is 10.6. The first kappa shape index (κ1) is 14.4. The van der Waals surface area contributed by atoms with Crippen LogP contribution in [0, 0.1) is 10.8 Å². The monoisotopic (exact) mass is 309 g/mol. The van der Waals surface area contributed by atoms with Gasteiger partial charge in [-0.2, -0.15) is 0 Å². The number of rotatable bonds is 3. The van der Waals surface area contributed by atoms with Crippen molar-refractivity contribution in [3.05, 3.63) is 53.5 Å². The van der Waals surface area contributed by atoms with Crippen molar-refractivity contribution < 1.29 is 4.74 Å². The van der Waals surface area contributed by atoms with Gasteiger partial charge in [0.25, 0.3) is 0 Å². The Hall–Kier alpha value is -2.53. The summed E-state index contributed by atoms with van der Waals surface area (Å²) in [6.45, 7) is 1.51. The number of hydrogen-bond donors (Lipinski definition) is 2. The van der Waals surface area contributed by atoms with E-state index in [4.69, 9.17) is 15.6 Å². The molecule has 110 valence electrons. The lowest BCUT2D eigenvalue weighted by molar-refractivity contribution is 0.517. The molecule has 5 heteroatoms. The van der Waals surface area contributed by atoms with Crippen LogP contribution in [0.5, 0.6) is 0 Å². The lowest BCUT2D eigenvalue weighted by atomic mass is 10.1. The van der Waals surface area contributed by atoms with Gasteiger partial charge in [-0.05, 0) is 23.3 Å². The van der Waals surface area contributed by atoms with Gasteiger partial charge in [-0.25, -0.2) is 4.98 Å². The highest BCUT2D eigenvalue weighted by Gasteiger charge is 2.09. The van der Waals surface area contributed by atoms with E-state index >= 15 is 0 Å². The maximum atomic E-state index is 7.71. The molecule has 0 spiro atoms. The zero-order valence-electron chi connectivity index (χ0n) is 12.1. The Morgan fingerprint density at radius 3 is 2.59 bits per heavy atom. The Bertz CT molecular complexity index is 839. The second-order valence-corrected chi connectivity index (χ2v) is 6.03. The van der Waals surface area contributed by atoms with E-state index in [2.05, 4.69) is 29.2 Å². The quantitative estimate of drug-likeness (QED) is 0.552. The predicted octanol–water partition coefficient (Wildman–Crippen LogP) is 4.50. The number of benzene rings is 2. The molecule has 0 unspecified atom stereocenters. The molecular weight excluding hydrogens is 294 g/mol. The smallest absolute Gasteiger partial charge is 0.195 e. The summed E-state index contributed by atoms with van der Waals surface area (Å²) in [4.78, 5) is 4.52. The molecule has 0 atom stereocenters. The van der Waals surface area contributed by atoms with Crippen LogP contribution in [0.4, 0.5) is 0 Å². The van der Waals surface area contributed by atoms with Crippen molar-refractivity contribution >= 4 is 33.3 Å². The van der Waals surface area contributed by atoms with Gasteiger partial charge in [0.1, 0.15) is 5.01 Å². The molecule has 0 saturated heterocycles. The number of ether oxygens (including phenoxy) is 1. The van der Waals surface area contributed by atoms with E-state index in [1.165, 1.54) is 12.5 Å². The summed E-state index contributed by atoms with van der Waals surface area (Å²) < 4.78 is 6.07. The van der Waals surface area contributed by atoms with Gasteiger partial charge < -0.3 is 4.74 Å². The number of fused-ring (bicyclic) bond motifs is 1. The van der Waals surface area contributed by atoms with Crippen LogP contribution in [0.25, 0.3) is 21.3 Å². The summed E-state index contributed by atoms with van der Waals surface area (Å²) >= 11 is 1.56. The number of nitrogens with zero attached hydrogens (tertiary/aromatic N) is 1. The molecule has 0 radical (unpaired) electrons. The first-order valence-corrected chi connectivity index (χ1v) is 7.69. The molecule has 22 heavy (non-hydrogen) atoms. The first-order chi connectivity index (χ1) is 10.6. The van der Waals surface area contributed by atoms with E-state index < -0.39 is 0 Å². The van der Waals surface area contributed by atoms with Crippen LogP contribution < -0.4 is 0 Å². The van der Waals surface area contributed by atoms with Crippen molar-refractivity contribution in [1.29, 1.82) is 10.8 Å². The molecule has 0 aliphatic carbocycles. The Morgan fingerprint density at radius 1 is 1.09 bits per heavy atom. The molecule has 0 amide bonds. The molecule has 2 aromatic carbocycles. The third-order valence-electron chi connectivity index (χ3n) is 3.13. The molecule has 3 aromatic rings. The summed E-state index contributed by atoms with van der Waals surface area (Å²) in [7, 11) is 0. The van der Waals surface area contributed by atoms with Crippen molar-refractivity contribution in [3.63, 3.8) is 0 Å². The van der Waals surface area contributed by atoms with E-state index in [0.717, 1.165) is 20.8 Å². The first-order valence-electron chi connectivity index (χ1n) is 6.87. The molecule has 1 heterocycles. The maximum Gasteiger partial charge on any atom is 0.195 e. The number of hydrogen-bond acceptors (Lipinski definition) is 5. The van der Waals surface area contributed by atoms with Crippen LogP contribution in [0.15, 0.2) is 48.5 Å². The molecule has 0 aliphatic rings. The minimum Gasteiger partial charge on any atom is -0.430 e. The molecular formula is C17H15N3OS. The maximum absolute atomic E-state index is 7.71. The second kappa shape index (κ2) is 6.07. The minimum absolute atomic E-state index is 0.0254. The average Bonchev–Trinajstić information content (AvgIpc) is 2.88. The number of nitrogens with one attached hydrogen (secondary N) is 2. The van der Waals surface area contributed by atoms with E-state index in [0.29, 0.717) is 6.42 Å². The molecule has 0 bridgehead atoms. The van der Waals surface area contributed by atoms with Gasteiger partial charge in [-0.3, -0.25) is 10.8 Å². The Morgan fingerprint density at radius 2 is 1.86 bits per heavy atom. The highest BCUT2D eigenvalue weighted by atomic mass is 32.1. The van der Waals surface area contributed by atoms with Gasteiger partial charge in [-0.15, -0.1) is 11.3 Å². The highest BCUT2D eigenvalue weighted by Crippen LogP contribution is 2.28. The van der Waals surface area contributed by atoms with Crippen molar-refractivity contribution in [2.45, 2.75) is 13.3 Å². The average molecular weight is 309 g/mol.